The van der Waals surface area contributed by atoms with E-state index in [0.29, 0.717) is 53.3 Å². The SMILES string of the molecule is COc1cc2c(c(OC)c1OC)-c1ccc(NC(CC(C)C)C(=O)Nc3ccc4nc[nH]c4c3)c(=O)cc1C(NC(C)=O)CC2. The number of aromatic amines is 1. The Morgan fingerprint density at radius 2 is 1.80 bits per heavy atom. The van der Waals surface area contributed by atoms with Crippen LogP contribution in [0.5, 0.6) is 17.2 Å². The summed E-state index contributed by atoms with van der Waals surface area (Å²) in [4.78, 5) is 47.0. The molecule has 2 unspecified atom stereocenters. The van der Waals surface area contributed by atoms with E-state index in [1.807, 2.05) is 38.1 Å². The summed E-state index contributed by atoms with van der Waals surface area (Å²) in [7, 11) is 4.66. The monoisotopic (exact) mass is 613 g/mol. The number of benzene rings is 2. The van der Waals surface area contributed by atoms with Gasteiger partial charge in [0, 0.05) is 18.2 Å². The van der Waals surface area contributed by atoms with Crippen molar-refractivity contribution in [3.63, 3.8) is 0 Å². The second-order valence-electron chi connectivity index (χ2n) is 11.5. The lowest BCUT2D eigenvalue weighted by Gasteiger charge is -2.20. The minimum atomic E-state index is -0.699. The van der Waals surface area contributed by atoms with E-state index in [4.69, 9.17) is 14.2 Å². The third kappa shape index (κ3) is 6.57. The molecule has 236 valence electrons. The molecule has 0 bridgehead atoms. The highest BCUT2D eigenvalue weighted by atomic mass is 16.5. The van der Waals surface area contributed by atoms with Crippen LogP contribution in [0, 0.1) is 5.92 Å². The molecule has 0 aliphatic heterocycles. The van der Waals surface area contributed by atoms with Crippen LogP contribution in [-0.4, -0.2) is 49.2 Å². The van der Waals surface area contributed by atoms with Crippen LogP contribution in [0.3, 0.4) is 0 Å². The molecular formula is C34H39N5O6. The number of hydrogen-bond donors (Lipinski definition) is 4. The lowest BCUT2D eigenvalue weighted by molar-refractivity contribution is -0.120. The highest BCUT2D eigenvalue weighted by Crippen LogP contribution is 2.50. The van der Waals surface area contributed by atoms with Gasteiger partial charge in [-0.05, 0) is 78.3 Å². The van der Waals surface area contributed by atoms with Gasteiger partial charge in [0.15, 0.2) is 11.5 Å². The summed E-state index contributed by atoms with van der Waals surface area (Å²) in [5.74, 6) is 1.10. The molecule has 0 saturated carbocycles. The number of nitrogens with one attached hydrogen (secondary N) is 4. The average molecular weight is 614 g/mol. The lowest BCUT2D eigenvalue weighted by atomic mass is 9.95. The predicted octanol–water partition coefficient (Wildman–Crippen LogP) is 5.20. The minimum absolute atomic E-state index is 0.162. The number of nitrogens with zero attached hydrogens (tertiary/aromatic N) is 1. The zero-order valence-electron chi connectivity index (χ0n) is 26.4. The van der Waals surface area contributed by atoms with E-state index in [9.17, 15) is 14.4 Å². The van der Waals surface area contributed by atoms with Crippen molar-refractivity contribution in [1.29, 1.82) is 0 Å². The number of fused-ring (bicyclic) bond motifs is 4. The molecule has 0 fully saturated rings. The quantitative estimate of drug-likeness (QED) is 0.191. The molecule has 45 heavy (non-hydrogen) atoms. The molecule has 0 spiro atoms. The number of ether oxygens (including phenoxy) is 3. The van der Waals surface area contributed by atoms with Gasteiger partial charge in [0.05, 0.1) is 50.4 Å². The van der Waals surface area contributed by atoms with Crippen LogP contribution >= 0.6 is 0 Å². The summed E-state index contributed by atoms with van der Waals surface area (Å²) >= 11 is 0. The summed E-state index contributed by atoms with van der Waals surface area (Å²) in [6.07, 6.45) is 3.22. The maximum absolute atomic E-state index is 13.8. The zero-order valence-corrected chi connectivity index (χ0v) is 26.4. The molecule has 2 amide bonds. The van der Waals surface area contributed by atoms with Gasteiger partial charge in [-0.15, -0.1) is 0 Å². The number of carbonyl (C=O) groups is 2. The molecular weight excluding hydrogens is 574 g/mol. The molecule has 1 aromatic heterocycles. The fourth-order valence-electron chi connectivity index (χ4n) is 5.96. The van der Waals surface area contributed by atoms with E-state index in [1.165, 1.54) is 6.92 Å². The molecule has 0 radical (unpaired) electrons. The number of hydrogen-bond acceptors (Lipinski definition) is 8. The second kappa shape index (κ2) is 13.3. The van der Waals surface area contributed by atoms with E-state index in [0.717, 1.165) is 22.2 Å². The molecule has 11 heteroatoms. The first-order valence-corrected chi connectivity index (χ1v) is 14.9. The Kier molecular flexibility index (Phi) is 9.26. The lowest BCUT2D eigenvalue weighted by Crippen LogP contribution is -2.37. The zero-order chi connectivity index (χ0) is 32.2. The molecule has 11 nitrogen and oxygen atoms in total. The molecule has 1 heterocycles. The number of amides is 2. The maximum Gasteiger partial charge on any atom is 0.246 e. The third-order valence-corrected chi connectivity index (χ3v) is 7.96. The van der Waals surface area contributed by atoms with E-state index < -0.39 is 12.1 Å². The number of methoxy groups -OCH3 is 3. The summed E-state index contributed by atoms with van der Waals surface area (Å²) < 4.78 is 17.2. The number of aryl methyl sites for hydroxylation is 1. The molecule has 4 aromatic rings. The maximum atomic E-state index is 13.8. The Balaban J connectivity index is 1.59. The highest BCUT2D eigenvalue weighted by molar-refractivity contribution is 5.98. The van der Waals surface area contributed by atoms with Gasteiger partial charge in [-0.3, -0.25) is 14.4 Å². The molecule has 1 aliphatic rings. The van der Waals surface area contributed by atoms with Gasteiger partial charge in [-0.25, -0.2) is 4.98 Å². The van der Waals surface area contributed by atoms with Crippen LogP contribution in [-0.2, 0) is 16.0 Å². The van der Waals surface area contributed by atoms with Crippen LogP contribution in [0.1, 0.15) is 50.8 Å². The van der Waals surface area contributed by atoms with Crippen molar-refractivity contribution in [3.05, 3.63) is 70.1 Å². The van der Waals surface area contributed by atoms with Crippen LogP contribution < -0.4 is 35.6 Å². The molecule has 4 N–H and O–H groups in total. The van der Waals surface area contributed by atoms with Crippen LogP contribution in [0.4, 0.5) is 11.4 Å². The van der Waals surface area contributed by atoms with Crippen molar-refractivity contribution in [2.75, 3.05) is 32.0 Å². The number of aromatic nitrogens is 2. The Morgan fingerprint density at radius 1 is 1.02 bits per heavy atom. The van der Waals surface area contributed by atoms with Gasteiger partial charge < -0.3 is 35.1 Å². The van der Waals surface area contributed by atoms with Crippen molar-refractivity contribution in [2.45, 2.75) is 52.1 Å². The first-order valence-electron chi connectivity index (χ1n) is 14.9. The average Bonchev–Trinajstić information content (AvgIpc) is 3.35. The fourth-order valence-corrected chi connectivity index (χ4v) is 5.96. The summed E-state index contributed by atoms with van der Waals surface area (Å²) in [6, 6.07) is 11.3. The molecule has 5 rings (SSSR count). The van der Waals surface area contributed by atoms with E-state index in [2.05, 4.69) is 25.9 Å². The summed E-state index contributed by atoms with van der Waals surface area (Å²) in [5, 5.41) is 9.23. The van der Waals surface area contributed by atoms with Gasteiger partial charge in [-0.2, -0.15) is 0 Å². The highest BCUT2D eigenvalue weighted by Gasteiger charge is 2.30. The van der Waals surface area contributed by atoms with E-state index in [1.54, 1.807) is 45.9 Å². The van der Waals surface area contributed by atoms with Crippen molar-refractivity contribution >= 4 is 34.2 Å². The standard InChI is InChI=1S/C34H39N5O6/c1-18(2)13-28(34(42)38-21-8-11-25-27(15-21)36-17-35-25)39-26-12-9-22-23(16-29(26)41)24(37-19(3)40)10-7-20-14-30(43-4)32(44-5)33(45-6)31(20)22/h8-9,11-12,14-18,24,28H,7,10,13H2,1-6H3,(H,35,36)(H,37,40)(H,38,42)(H,39,41). The Hall–Kier alpha value is -5.06. The predicted molar refractivity (Wildman–Crippen MR) is 174 cm³/mol. The normalized spacial score (nSPS) is 14.5. The van der Waals surface area contributed by atoms with E-state index in [-0.39, 0.29) is 28.8 Å². The van der Waals surface area contributed by atoms with Crippen molar-refractivity contribution in [2.24, 2.45) is 5.92 Å². The van der Waals surface area contributed by atoms with Crippen LogP contribution in [0.15, 0.2) is 53.6 Å². The van der Waals surface area contributed by atoms with Crippen molar-refractivity contribution in [1.82, 2.24) is 15.3 Å². The first-order chi connectivity index (χ1) is 21.6. The number of H-pyrrole nitrogens is 1. The summed E-state index contributed by atoms with van der Waals surface area (Å²) in [6.45, 7) is 5.50. The minimum Gasteiger partial charge on any atom is -0.493 e. The van der Waals surface area contributed by atoms with Crippen molar-refractivity contribution in [3.8, 4) is 28.4 Å². The van der Waals surface area contributed by atoms with Gasteiger partial charge in [0.25, 0.3) is 0 Å². The van der Waals surface area contributed by atoms with E-state index >= 15 is 0 Å². The largest absolute Gasteiger partial charge is 0.493 e. The molecule has 0 saturated heterocycles. The fraction of sp³-hybridized carbons (Fsp3) is 0.353. The van der Waals surface area contributed by atoms with Crippen LogP contribution in [0.2, 0.25) is 0 Å². The van der Waals surface area contributed by atoms with Crippen LogP contribution in [0.25, 0.3) is 22.2 Å². The molecule has 3 aromatic carbocycles. The van der Waals surface area contributed by atoms with Crippen molar-refractivity contribution < 1.29 is 23.8 Å². The Labute approximate surface area is 261 Å². The van der Waals surface area contributed by atoms with Gasteiger partial charge in [0.1, 0.15) is 6.04 Å². The Morgan fingerprint density at radius 3 is 2.49 bits per heavy atom. The van der Waals surface area contributed by atoms with Gasteiger partial charge >= 0.3 is 0 Å². The molecule has 2 atom stereocenters. The third-order valence-electron chi connectivity index (χ3n) is 7.96. The smallest absolute Gasteiger partial charge is 0.246 e. The second-order valence-corrected chi connectivity index (χ2v) is 11.5. The number of anilines is 2. The van der Waals surface area contributed by atoms with Gasteiger partial charge in [-0.1, -0.05) is 19.9 Å². The Bertz CT molecular complexity index is 1800. The first kappa shape index (κ1) is 31.4. The number of carbonyl (C=O) groups excluding carboxylic acids is 2. The summed E-state index contributed by atoms with van der Waals surface area (Å²) in [5.41, 5.74) is 5.20. The topological polar surface area (TPSA) is 144 Å². The number of rotatable bonds is 10. The molecule has 1 aliphatic carbocycles. The van der Waals surface area contributed by atoms with Gasteiger partial charge in [0.2, 0.25) is 23.0 Å². The number of imidazole rings is 1.